The largest absolute Gasteiger partial charge is 0.492 e. The van der Waals surface area contributed by atoms with E-state index >= 15 is 0 Å². The smallest absolute Gasteiger partial charge is 0.119 e. The molecule has 0 heterocycles. The van der Waals surface area contributed by atoms with Crippen LogP contribution in [-0.4, -0.2) is 38.2 Å². The lowest BCUT2D eigenvalue weighted by atomic mass is 10.1. The standard InChI is InChI=1S/C16H28N2O/c1-5-15(6-2)18(4)11-12-19-16-9-7-14(8-10-16)13-17-3/h7-10,15,17H,5-6,11-13H2,1-4H3. The van der Waals surface area contributed by atoms with Crippen LogP contribution in [0.2, 0.25) is 0 Å². The maximum absolute atomic E-state index is 5.79. The molecule has 0 aromatic heterocycles. The number of hydrogen-bond acceptors (Lipinski definition) is 3. The molecule has 0 saturated carbocycles. The molecule has 0 bridgehead atoms. The van der Waals surface area contributed by atoms with Crippen molar-refractivity contribution in [3.8, 4) is 5.75 Å². The van der Waals surface area contributed by atoms with E-state index in [0.717, 1.165) is 25.4 Å². The first-order chi connectivity index (χ1) is 9.21. The van der Waals surface area contributed by atoms with Gasteiger partial charge in [0.05, 0.1) is 0 Å². The van der Waals surface area contributed by atoms with Gasteiger partial charge in [0.25, 0.3) is 0 Å². The average molecular weight is 264 g/mol. The Hall–Kier alpha value is -1.06. The third kappa shape index (κ3) is 5.62. The SMILES string of the molecule is CCC(CC)N(C)CCOc1ccc(CNC)cc1. The van der Waals surface area contributed by atoms with Crippen molar-refractivity contribution in [3.63, 3.8) is 0 Å². The number of likely N-dealkylation sites (N-methyl/N-ethyl adjacent to an activating group) is 1. The molecule has 19 heavy (non-hydrogen) atoms. The third-order valence-electron chi connectivity index (χ3n) is 3.58. The van der Waals surface area contributed by atoms with Gasteiger partial charge < -0.3 is 15.0 Å². The van der Waals surface area contributed by atoms with E-state index in [2.05, 4.69) is 43.2 Å². The van der Waals surface area contributed by atoms with E-state index in [9.17, 15) is 0 Å². The Balaban J connectivity index is 2.32. The molecule has 0 aliphatic heterocycles. The highest BCUT2D eigenvalue weighted by Crippen LogP contribution is 2.12. The van der Waals surface area contributed by atoms with Crippen LogP contribution >= 0.6 is 0 Å². The summed E-state index contributed by atoms with van der Waals surface area (Å²) in [6.07, 6.45) is 2.40. The molecule has 1 N–H and O–H groups in total. The van der Waals surface area contributed by atoms with Crippen LogP contribution in [0.3, 0.4) is 0 Å². The number of rotatable bonds is 9. The zero-order valence-electron chi connectivity index (χ0n) is 12.8. The zero-order chi connectivity index (χ0) is 14.1. The summed E-state index contributed by atoms with van der Waals surface area (Å²) in [5.74, 6) is 0.956. The Morgan fingerprint density at radius 2 is 1.79 bits per heavy atom. The molecule has 0 aliphatic carbocycles. The maximum atomic E-state index is 5.79. The van der Waals surface area contributed by atoms with Crippen LogP contribution in [0.25, 0.3) is 0 Å². The molecule has 1 aromatic carbocycles. The Kier molecular flexibility index (Phi) is 7.53. The molecule has 1 rings (SSSR count). The molecule has 0 radical (unpaired) electrons. The van der Waals surface area contributed by atoms with Crippen LogP contribution in [0.5, 0.6) is 5.75 Å². The summed E-state index contributed by atoms with van der Waals surface area (Å²) in [4.78, 5) is 2.38. The summed E-state index contributed by atoms with van der Waals surface area (Å²) in [7, 11) is 4.13. The Labute approximate surface area is 118 Å². The molecule has 0 aliphatic rings. The summed E-state index contributed by atoms with van der Waals surface area (Å²) in [6, 6.07) is 8.97. The predicted molar refractivity (Wildman–Crippen MR) is 81.7 cm³/mol. The number of ether oxygens (including phenoxy) is 1. The highest BCUT2D eigenvalue weighted by Gasteiger charge is 2.09. The molecule has 0 atom stereocenters. The van der Waals surface area contributed by atoms with Crippen molar-refractivity contribution < 1.29 is 4.74 Å². The molecular weight excluding hydrogens is 236 g/mol. The Morgan fingerprint density at radius 3 is 2.32 bits per heavy atom. The van der Waals surface area contributed by atoms with Crippen molar-refractivity contribution in [3.05, 3.63) is 29.8 Å². The number of benzene rings is 1. The second-order valence-electron chi connectivity index (χ2n) is 4.97. The minimum Gasteiger partial charge on any atom is -0.492 e. The van der Waals surface area contributed by atoms with Crippen LogP contribution in [-0.2, 0) is 6.54 Å². The molecule has 0 spiro atoms. The first-order valence-corrected chi connectivity index (χ1v) is 7.27. The second-order valence-corrected chi connectivity index (χ2v) is 4.97. The summed E-state index contributed by atoms with van der Waals surface area (Å²) in [5.41, 5.74) is 1.28. The lowest BCUT2D eigenvalue weighted by molar-refractivity contribution is 0.183. The van der Waals surface area contributed by atoms with Gasteiger partial charge in [-0.05, 0) is 44.6 Å². The van der Waals surface area contributed by atoms with Crippen LogP contribution in [0.15, 0.2) is 24.3 Å². The molecule has 0 saturated heterocycles. The van der Waals surface area contributed by atoms with E-state index in [1.165, 1.54) is 18.4 Å². The number of hydrogen-bond donors (Lipinski definition) is 1. The summed E-state index contributed by atoms with van der Waals surface area (Å²) < 4.78 is 5.79. The van der Waals surface area contributed by atoms with Gasteiger partial charge in [-0.25, -0.2) is 0 Å². The van der Waals surface area contributed by atoms with Crippen LogP contribution in [0.4, 0.5) is 0 Å². The van der Waals surface area contributed by atoms with E-state index in [4.69, 9.17) is 4.74 Å². The quantitative estimate of drug-likeness (QED) is 0.742. The fraction of sp³-hybridized carbons (Fsp3) is 0.625. The molecule has 1 aromatic rings. The fourth-order valence-electron chi connectivity index (χ4n) is 2.31. The summed E-state index contributed by atoms with van der Waals surface area (Å²) in [6.45, 7) is 7.11. The molecular formula is C16H28N2O. The predicted octanol–water partition coefficient (Wildman–Crippen LogP) is 2.91. The van der Waals surface area contributed by atoms with E-state index in [-0.39, 0.29) is 0 Å². The summed E-state index contributed by atoms with van der Waals surface area (Å²) in [5, 5.41) is 3.14. The van der Waals surface area contributed by atoms with Gasteiger partial charge >= 0.3 is 0 Å². The second kappa shape index (κ2) is 8.94. The van der Waals surface area contributed by atoms with E-state index in [0.29, 0.717) is 6.04 Å². The first-order valence-electron chi connectivity index (χ1n) is 7.27. The van der Waals surface area contributed by atoms with E-state index in [1.54, 1.807) is 0 Å². The van der Waals surface area contributed by atoms with Gasteiger partial charge in [0.1, 0.15) is 12.4 Å². The average Bonchev–Trinajstić information content (AvgIpc) is 2.42. The monoisotopic (exact) mass is 264 g/mol. The topological polar surface area (TPSA) is 24.5 Å². The van der Waals surface area contributed by atoms with Gasteiger partial charge in [0.15, 0.2) is 0 Å². The molecule has 0 unspecified atom stereocenters. The van der Waals surface area contributed by atoms with Crippen molar-refractivity contribution in [1.82, 2.24) is 10.2 Å². The fourth-order valence-corrected chi connectivity index (χ4v) is 2.31. The third-order valence-corrected chi connectivity index (χ3v) is 3.58. The van der Waals surface area contributed by atoms with Gasteiger partial charge in [-0.3, -0.25) is 0 Å². The highest BCUT2D eigenvalue weighted by atomic mass is 16.5. The highest BCUT2D eigenvalue weighted by molar-refractivity contribution is 5.27. The summed E-state index contributed by atoms with van der Waals surface area (Å²) >= 11 is 0. The zero-order valence-corrected chi connectivity index (χ0v) is 12.8. The lowest BCUT2D eigenvalue weighted by Crippen LogP contribution is -2.33. The molecule has 108 valence electrons. The molecule has 3 nitrogen and oxygen atoms in total. The molecule has 0 fully saturated rings. The Morgan fingerprint density at radius 1 is 1.16 bits per heavy atom. The Bertz CT molecular complexity index is 333. The van der Waals surface area contributed by atoms with Gasteiger partial charge in [0, 0.05) is 19.1 Å². The number of nitrogens with zero attached hydrogens (tertiary/aromatic N) is 1. The van der Waals surface area contributed by atoms with Crippen molar-refractivity contribution in [1.29, 1.82) is 0 Å². The van der Waals surface area contributed by atoms with E-state index < -0.39 is 0 Å². The first kappa shape index (κ1) is 16.0. The van der Waals surface area contributed by atoms with Crippen LogP contribution in [0, 0.1) is 0 Å². The normalized spacial score (nSPS) is 11.3. The van der Waals surface area contributed by atoms with E-state index in [1.807, 2.05) is 19.2 Å². The van der Waals surface area contributed by atoms with Gasteiger partial charge in [0.2, 0.25) is 0 Å². The minimum atomic E-state index is 0.668. The van der Waals surface area contributed by atoms with Gasteiger partial charge in [-0.2, -0.15) is 0 Å². The van der Waals surface area contributed by atoms with Gasteiger partial charge in [-0.1, -0.05) is 26.0 Å². The van der Waals surface area contributed by atoms with Gasteiger partial charge in [-0.15, -0.1) is 0 Å². The maximum Gasteiger partial charge on any atom is 0.119 e. The van der Waals surface area contributed by atoms with Crippen molar-refractivity contribution in [2.45, 2.75) is 39.3 Å². The molecule has 3 heteroatoms. The van der Waals surface area contributed by atoms with Crippen LogP contribution < -0.4 is 10.1 Å². The minimum absolute atomic E-state index is 0.668. The molecule has 0 amide bonds. The van der Waals surface area contributed by atoms with Crippen LogP contribution in [0.1, 0.15) is 32.3 Å². The number of nitrogens with one attached hydrogen (secondary N) is 1. The lowest BCUT2D eigenvalue weighted by Gasteiger charge is -2.25. The van der Waals surface area contributed by atoms with Crippen molar-refractivity contribution in [2.75, 3.05) is 27.2 Å². The van der Waals surface area contributed by atoms with Crippen molar-refractivity contribution >= 4 is 0 Å². The van der Waals surface area contributed by atoms with Crippen molar-refractivity contribution in [2.24, 2.45) is 0 Å².